The number of benzene rings is 2. The predicted octanol–water partition coefficient (Wildman–Crippen LogP) is 4.74. The Bertz CT molecular complexity index is 1070. The van der Waals surface area contributed by atoms with Gasteiger partial charge in [-0.15, -0.1) is 0 Å². The lowest BCUT2D eigenvalue weighted by molar-refractivity contribution is 0.314. The quantitative estimate of drug-likeness (QED) is 0.652. The summed E-state index contributed by atoms with van der Waals surface area (Å²) in [7, 11) is -3.44. The summed E-state index contributed by atoms with van der Waals surface area (Å²) in [6.07, 6.45) is 3.52. The number of hydrogen-bond donors (Lipinski definition) is 1. The Morgan fingerprint density at radius 2 is 1.86 bits per heavy atom. The highest BCUT2D eigenvalue weighted by Gasteiger charge is 2.31. The molecule has 1 aromatic heterocycles. The Labute approximate surface area is 170 Å². The van der Waals surface area contributed by atoms with Crippen molar-refractivity contribution in [3.05, 3.63) is 58.9 Å². The molecule has 0 bridgehead atoms. The number of piperidine rings is 1. The van der Waals surface area contributed by atoms with E-state index < -0.39 is 10.0 Å². The second-order valence-electron chi connectivity index (χ2n) is 7.36. The van der Waals surface area contributed by atoms with Crippen LogP contribution in [0.2, 0.25) is 5.02 Å². The Morgan fingerprint density at radius 1 is 1.14 bits per heavy atom. The molecule has 1 aliphatic heterocycles. The van der Waals surface area contributed by atoms with Gasteiger partial charge in [0.2, 0.25) is 10.0 Å². The van der Waals surface area contributed by atoms with Crippen LogP contribution in [0.25, 0.3) is 11.0 Å². The lowest BCUT2D eigenvalue weighted by atomic mass is 9.97. The van der Waals surface area contributed by atoms with E-state index in [1.54, 1.807) is 16.4 Å². The fraction of sp³-hybridized carbons (Fsp3) is 0.381. The molecule has 0 aliphatic carbocycles. The molecule has 148 valence electrons. The van der Waals surface area contributed by atoms with Gasteiger partial charge in [-0.2, -0.15) is 4.31 Å². The fourth-order valence-corrected chi connectivity index (χ4v) is 5.47. The zero-order chi connectivity index (χ0) is 19.7. The third-order valence-electron chi connectivity index (χ3n) is 5.40. The molecular formula is C21H24ClN3O2S. The van der Waals surface area contributed by atoms with Crippen LogP contribution < -0.4 is 0 Å². The lowest BCUT2D eigenvalue weighted by Gasteiger charge is -2.30. The molecule has 0 saturated carbocycles. The molecule has 5 nitrogen and oxygen atoms in total. The van der Waals surface area contributed by atoms with Gasteiger partial charge in [-0.05, 0) is 55.2 Å². The summed E-state index contributed by atoms with van der Waals surface area (Å²) in [5.74, 6) is 1.14. The van der Waals surface area contributed by atoms with Gasteiger partial charge in [-0.3, -0.25) is 0 Å². The van der Waals surface area contributed by atoms with Crippen molar-refractivity contribution in [3.63, 3.8) is 0 Å². The molecule has 0 atom stereocenters. The molecule has 1 fully saturated rings. The first-order chi connectivity index (χ1) is 13.5. The van der Waals surface area contributed by atoms with Crippen molar-refractivity contribution in [3.8, 4) is 0 Å². The van der Waals surface area contributed by atoms with Crippen molar-refractivity contribution in [2.24, 2.45) is 0 Å². The van der Waals surface area contributed by atoms with Gasteiger partial charge in [0.25, 0.3) is 0 Å². The van der Waals surface area contributed by atoms with E-state index in [0.29, 0.717) is 23.0 Å². The second-order valence-corrected chi connectivity index (χ2v) is 9.73. The molecule has 0 radical (unpaired) electrons. The Kier molecular flexibility index (Phi) is 5.45. The van der Waals surface area contributed by atoms with Crippen LogP contribution in [0.5, 0.6) is 0 Å². The normalized spacial score (nSPS) is 16.6. The first kappa shape index (κ1) is 19.4. The average molecular weight is 418 g/mol. The number of hydrogen-bond acceptors (Lipinski definition) is 3. The first-order valence-corrected chi connectivity index (χ1v) is 11.5. The van der Waals surface area contributed by atoms with Gasteiger partial charge in [0.05, 0.1) is 15.9 Å². The van der Waals surface area contributed by atoms with Crippen LogP contribution in [-0.2, 0) is 16.4 Å². The van der Waals surface area contributed by atoms with Crippen molar-refractivity contribution in [1.29, 1.82) is 0 Å². The number of aromatic amines is 1. The lowest BCUT2D eigenvalue weighted by Crippen LogP contribution is -2.38. The molecule has 28 heavy (non-hydrogen) atoms. The smallest absolute Gasteiger partial charge is 0.243 e. The third kappa shape index (κ3) is 3.81. The van der Waals surface area contributed by atoms with Crippen molar-refractivity contribution in [2.45, 2.75) is 43.4 Å². The number of sulfonamides is 1. The van der Waals surface area contributed by atoms with Gasteiger partial charge >= 0.3 is 0 Å². The number of aryl methyl sites for hydroxylation is 1. The molecule has 1 saturated heterocycles. The Balaban J connectivity index is 1.46. The number of nitrogens with zero attached hydrogens (tertiary/aromatic N) is 2. The van der Waals surface area contributed by atoms with Crippen LogP contribution in [0.15, 0.2) is 47.4 Å². The van der Waals surface area contributed by atoms with Crippen LogP contribution >= 0.6 is 11.6 Å². The van der Waals surface area contributed by atoms with E-state index in [1.165, 1.54) is 5.56 Å². The number of aromatic nitrogens is 2. The number of halogens is 1. The maximum atomic E-state index is 13.0. The maximum absolute atomic E-state index is 13.0. The summed E-state index contributed by atoms with van der Waals surface area (Å²) >= 11 is 6.05. The molecule has 0 amide bonds. The molecule has 7 heteroatoms. The van der Waals surface area contributed by atoms with Gasteiger partial charge in [0, 0.05) is 24.0 Å². The molecule has 4 rings (SSSR count). The standard InChI is InChI=1S/C21H24ClN3O2S/c1-2-3-15-4-7-18(8-5-15)28(26,27)25-12-10-16(11-13-25)21-23-19-9-6-17(22)14-20(19)24-21/h4-9,14,16H,2-3,10-13H2,1H3,(H,23,24). The van der Waals surface area contributed by atoms with Crippen LogP contribution in [0.1, 0.15) is 43.5 Å². The molecule has 3 aromatic rings. The molecule has 0 unspecified atom stereocenters. The molecule has 1 aliphatic rings. The van der Waals surface area contributed by atoms with Crippen LogP contribution in [0.3, 0.4) is 0 Å². The van der Waals surface area contributed by atoms with E-state index >= 15 is 0 Å². The van der Waals surface area contributed by atoms with Crippen molar-refractivity contribution in [2.75, 3.05) is 13.1 Å². The second kappa shape index (κ2) is 7.85. The highest BCUT2D eigenvalue weighted by Crippen LogP contribution is 2.31. The van der Waals surface area contributed by atoms with E-state index in [-0.39, 0.29) is 5.92 Å². The highest BCUT2D eigenvalue weighted by molar-refractivity contribution is 7.89. The minimum absolute atomic E-state index is 0.226. The maximum Gasteiger partial charge on any atom is 0.243 e. The summed E-state index contributed by atoms with van der Waals surface area (Å²) in [6.45, 7) is 3.12. The molecule has 2 heterocycles. The van der Waals surface area contributed by atoms with E-state index in [1.807, 2.05) is 30.3 Å². The number of fused-ring (bicyclic) bond motifs is 1. The van der Waals surface area contributed by atoms with Crippen molar-refractivity contribution in [1.82, 2.24) is 14.3 Å². The van der Waals surface area contributed by atoms with Crippen LogP contribution in [-0.4, -0.2) is 35.8 Å². The molecule has 0 spiro atoms. The fourth-order valence-electron chi connectivity index (χ4n) is 3.83. The van der Waals surface area contributed by atoms with Crippen LogP contribution in [0, 0.1) is 0 Å². The number of rotatable bonds is 5. The summed E-state index contributed by atoms with van der Waals surface area (Å²) in [6, 6.07) is 12.9. The highest BCUT2D eigenvalue weighted by atomic mass is 35.5. The zero-order valence-corrected chi connectivity index (χ0v) is 17.4. The SMILES string of the molecule is CCCc1ccc(S(=O)(=O)N2CCC(c3nc4ccc(Cl)cc4[nH]3)CC2)cc1. The minimum atomic E-state index is -3.44. The van der Waals surface area contributed by atoms with Gasteiger partial charge in [-0.25, -0.2) is 13.4 Å². The van der Waals surface area contributed by atoms with Crippen molar-refractivity contribution >= 4 is 32.7 Å². The van der Waals surface area contributed by atoms with Gasteiger partial charge in [0.1, 0.15) is 5.82 Å². The van der Waals surface area contributed by atoms with E-state index in [4.69, 9.17) is 11.6 Å². The first-order valence-electron chi connectivity index (χ1n) is 9.71. The summed E-state index contributed by atoms with van der Waals surface area (Å²) < 4.78 is 27.5. The van der Waals surface area contributed by atoms with Crippen molar-refractivity contribution < 1.29 is 8.42 Å². The molecular weight excluding hydrogens is 394 g/mol. The number of H-pyrrole nitrogens is 1. The Morgan fingerprint density at radius 3 is 2.54 bits per heavy atom. The van der Waals surface area contributed by atoms with Gasteiger partial charge < -0.3 is 4.98 Å². The summed E-state index contributed by atoms with van der Waals surface area (Å²) in [5, 5.41) is 0.675. The summed E-state index contributed by atoms with van der Waals surface area (Å²) in [5.41, 5.74) is 2.98. The van der Waals surface area contributed by atoms with E-state index in [0.717, 1.165) is 42.5 Å². The number of imidazole rings is 1. The molecule has 2 aromatic carbocycles. The monoisotopic (exact) mass is 417 g/mol. The zero-order valence-electron chi connectivity index (χ0n) is 15.9. The predicted molar refractivity (Wildman–Crippen MR) is 112 cm³/mol. The minimum Gasteiger partial charge on any atom is -0.342 e. The van der Waals surface area contributed by atoms with E-state index in [9.17, 15) is 8.42 Å². The Hall–Kier alpha value is -1.89. The third-order valence-corrected chi connectivity index (χ3v) is 7.55. The largest absolute Gasteiger partial charge is 0.342 e. The molecule has 1 N–H and O–H groups in total. The topological polar surface area (TPSA) is 66.1 Å². The summed E-state index contributed by atoms with van der Waals surface area (Å²) in [4.78, 5) is 8.39. The van der Waals surface area contributed by atoms with Gasteiger partial charge in [-0.1, -0.05) is 37.1 Å². The number of nitrogens with one attached hydrogen (secondary N) is 1. The van der Waals surface area contributed by atoms with Gasteiger partial charge in [0.15, 0.2) is 0 Å². The average Bonchev–Trinajstić information content (AvgIpc) is 3.12. The van der Waals surface area contributed by atoms with Crippen LogP contribution in [0.4, 0.5) is 0 Å². The van der Waals surface area contributed by atoms with E-state index in [2.05, 4.69) is 16.9 Å².